The first kappa shape index (κ1) is 19.9. The van der Waals surface area contributed by atoms with E-state index in [1.54, 1.807) is 35.9 Å². The molecule has 0 radical (unpaired) electrons. The average molecular weight is 439 g/mol. The molecule has 8 heteroatoms. The maximum absolute atomic E-state index is 14.8. The van der Waals surface area contributed by atoms with Crippen LogP contribution in [0.2, 0.25) is 0 Å². The predicted octanol–water partition coefficient (Wildman–Crippen LogP) is 4.23. The Kier molecular flexibility index (Phi) is 4.89. The van der Waals surface area contributed by atoms with Crippen molar-refractivity contribution in [2.24, 2.45) is 0 Å². The number of benzene rings is 1. The number of aromatic nitrogens is 2. The van der Waals surface area contributed by atoms with Crippen molar-refractivity contribution >= 4 is 28.8 Å². The molecule has 2 aromatic heterocycles. The molecule has 3 aromatic rings. The molecule has 6 nitrogen and oxygen atoms in total. The maximum atomic E-state index is 14.8. The maximum Gasteiger partial charge on any atom is 0.277 e. The van der Waals surface area contributed by atoms with Crippen LogP contribution in [-0.2, 0) is 11.3 Å². The summed E-state index contributed by atoms with van der Waals surface area (Å²) >= 11 is 1.53. The van der Waals surface area contributed by atoms with E-state index < -0.39 is 17.3 Å². The number of hydrogen-bond acceptors (Lipinski definition) is 4. The molecule has 1 aliphatic carbocycles. The molecule has 31 heavy (non-hydrogen) atoms. The summed E-state index contributed by atoms with van der Waals surface area (Å²) in [6.07, 6.45) is 3.99. The summed E-state index contributed by atoms with van der Waals surface area (Å²) in [5.74, 6) is -1.26. The van der Waals surface area contributed by atoms with Crippen molar-refractivity contribution in [3.05, 3.63) is 59.4 Å². The molecule has 0 spiro atoms. The summed E-state index contributed by atoms with van der Waals surface area (Å²) in [6.45, 7) is 1.84. The minimum Gasteiger partial charge on any atom is -0.351 e. The Balaban J connectivity index is 1.60. The highest BCUT2D eigenvalue weighted by molar-refractivity contribution is 7.13. The topological polar surface area (TPSA) is 67.2 Å². The molecule has 0 bridgehead atoms. The summed E-state index contributed by atoms with van der Waals surface area (Å²) in [7, 11) is 0. The van der Waals surface area contributed by atoms with Crippen molar-refractivity contribution < 1.29 is 14.0 Å². The van der Waals surface area contributed by atoms with E-state index in [9.17, 15) is 14.0 Å². The van der Waals surface area contributed by atoms with Gasteiger partial charge >= 0.3 is 0 Å². The van der Waals surface area contributed by atoms with Crippen molar-refractivity contribution in [1.29, 1.82) is 0 Å². The number of amides is 2. The van der Waals surface area contributed by atoms with Gasteiger partial charge in [-0.2, -0.15) is 5.10 Å². The molecule has 2 aliphatic rings. The van der Waals surface area contributed by atoms with E-state index in [0.29, 0.717) is 11.4 Å². The van der Waals surface area contributed by atoms with Crippen LogP contribution in [0.25, 0.3) is 10.6 Å². The van der Waals surface area contributed by atoms with Gasteiger partial charge in [-0.15, -0.1) is 11.3 Å². The lowest BCUT2D eigenvalue weighted by molar-refractivity contribution is -0.127. The number of halogens is 1. The van der Waals surface area contributed by atoms with Crippen LogP contribution in [0.5, 0.6) is 0 Å². The van der Waals surface area contributed by atoms with Crippen molar-refractivity contribution in [3.63, 3.8) is 0 Å². The van der Waals surface area contributed by atoms with Crippen LogP contribution in [0.4, 0.5) is 10.1 Å². The molecule has 3 heterocycles. The fraction of sp³-hybridized carbons (Fsp3) is 0.348. The molecule has 1 fully saturated rings. The van der Waals surface area contributed by atoms with Gasteiger partial charge in [-0.1, -0.05) is 31.0 Å². The lowest BCUT2D eigenvalue weighted by Crippen LogP contribution is -2.65. The number of carbonyl (C=O) groups is 2. The first-order chi connectivity index (χ1) is 15.0. The van der Waals surface area contributed by atoms with Crippen LogP contribution in [-0.4, -0.2) is 33.2 Å². The van der Waals surface area contributed by atoms with Crippen LogP contribution in [0.15, 0.2) is 47.8 Å². The quantitative estimate of drug-likeness (QED) is 0.663. The zero-order valence-corrected chi connectivity index (χ0v) is 18.0. The van der Waals surface area contributed by atoms with Gasteiger partial charge in [-0.25, -0.2) is 4.39 Å². The number of carbonyl (C=O) groups excluding carboxylic acids is 2. The summed E-state index contributed by atoms with van der Waals surface area (Å²) in [5.41, 5.74) is -0.195. The van der Waals surface area contributed by atoms with Crippen LogP contribution in [0.1, 0.15) is 43.1 Å². The van der Waals surface area contributed by atoms with Crippen molar-refractivity contribution in [1.82, 2.24) is 15.1 Å². The van der Waals surface area contributed by atoms with Gasteiger partial charge in [0, 0.05) is 6.04 Å². The lowest BCUT2D eigenvalue weighted by Gasteiger charge is -2.43. The number of nitrogens with zero attached hydrogens (tertiary/aromatic N) is 3. The van der Waals surface area contributed by atoms with Crippen LogP contribution in [0, 0.1) is 5.82 Å². The van der Waals surface area contributed by atoms with E-state index in [2.05, 4.69) is 10.4 Å². The molecule has 1 aromatic carbocycles. The summed E-state index contributed by atoms with van der Waals surface area (Å²) < 4.78 is 16.4. The molecule has 1 saturated carbocycles. The van der Waals surface area contributed by atoms with Crippen molar-refractivity contribution in [2.45, 2.75) is 50.7 Å². The first-order valence-electron chi connectivity index (χ1n) is 10.5. The largest absolute Gasteiger partial charge is 0.351 e. The van der Waals surface area contributed by atoms with Gasteiger partial charge in [-0.3, -0.25) is 19.2 Å². The van der Waals surface area contributed by atoms with Crippen molar-refractivity contribution in [2.75, 3.05) is 4.90 Å². The summed E-state index contributed by atoms with van der Waals surface area (Å²) in [4.78, 5) is 29.4. The smallest absolute Gasteiger partial charge is 0.277 e. The molecular formula is C23H23FN4O2S. The highest BCUT2D eigenvalue weighted by Crippen LogP contribution is 2.36. The highest BCUT2D eigenvalue weighted by atomic mass is 32.1. The van der Waals surface area contributed by atoms with E-state index in [0.717, 1.165) is 30.6 Å². The molecule has 1 N–H and O–H groups in total. The van der Waals surface area contributed by atoms with Gasteiger partial charge in [0.05, 0.1) is 17.1 Å². The van der Waals surface area contributed by atoms with Gasteiger partial charge in [0.25, 0.3) is 5.91 Å². The molecule has 160 valence electrons. The third-order valence-corrected chi connectivity index (χ3v) is 7.09. The number of para-hydroxylation sites is 1. The number of nitrogens with one attached hydrogen (secondary N) is 1. The molecule has 5 rings (SSSR count). The minimum atomic E-state index is -1.31. The monoisotopic (exact) mass is 438 g/mol. The molecular weight excluding hydrogens is 415 g/mol. The second-order valence-electron chi connectivity index (χ2n) is 8.37. The molecule has 1 unspecified atom stereocenters. The first-order valence-corrected chi connectivity index (χ1v) is 11.4. The SMILES string of the molecule is CC1(C(=O)NC2CCCC2)Cn2nc(-c3cccs3)cc2C(=O)N1c1ccccc1F. The number of hydrogen-bond donors (Lipinski definition) is 1. The van der Waals surface area contributed by atoms with Crippen LogP contribution >= 0.6 is 11.3 Å². The highest BCUT2D eigenvalue weighted by Gasteiger charge is 2.50. The molecule has 1 atom stereocenters. The van der Waals surface area contributed by atoms with Gasteiger partial charge in [0.1, 0.15) is 22.7 Å². The van der Waals surface area contributed by atoms with E-state index in [1.165, 1.54) is 22.3 Å². The standard InChI is InChI=1S/C23H23FN4O2S/c1-23(22(30)25-15-7-2-3-8-15)14-27-19(13-17(26-27)20-11-6-12-31-20)21(29)28(23)18-10-5-4-9-16(18)24/h4-6,9-13,15H,2-3,7-8,14H2,1H3,(H,25,30). The van der Waals surface area contributed by atoms with Gasteiger partial charge < -0.3 is 5.32 Å². The Hall–Kier alpha value is -3.00. The Morgan fingerprint density at radius 1 is 1.23 bits per heavy atom. The number of anilines is 1. The zero-order chi connectivity index (χ0) is 21.6. The van der Waals surface area contributed by atoms with Crippen molar-refractivity contribution in [3.8, 4) is 10.6 Å². The number of rotatable bonds is 4. The molecule has 0 saturated heterocycles. The summed E-state index contributed by atoms with van der Waals surface area (Å²) in [6, 6.07) is 11.8. The average Bonchev–Trinajstić information content (AvgIpc) is 3.50. The fourth-order valence-electron chi connectivity index (χ4n) is 4.55. The van der Waals surface area contributed by atoms with Crippen LogP contribution in [0.3, 0.4) is 0 Å². The predicted molar refractivity (Wildman–Crippen MR) is 118 cm³/mol. The van der Waals surface area contributed by atoms with E-state index in [-0.39, 0.29) is 24.2 Å². The fourth-order valence-corrected chi connectivity index (χ4v) is 5.23. The number of fused-ring (bicyclic) bond motifs is 1. The van der Waals surface area contributed by atoms with Gasteiger partial charge in [0.15, 0.2) is 0 Å². The van der Waals surface area contributed by atoms with E-state index in [1.807, 2.05) is 17.5 Å². The van der Waals surface area contributed by atoms with E-state index >= 15 is 0 Å². The van der Waals surface area contributed by atoms with Gasteiger partial charge in [-0.05, 0) is 49.4 Å². The zero-order valence-electron chi connectivity index (χ0n) is 17.2. The Morgan fingerprint density at radius 3 is 2.71 bits per heavy atom. The second-order valence-corrected chi connectivity index (χ2v) is 9.32. The normalized spacial score (nSPS) is 21.4. The Morgan fingerprint density at radius 2 is 2.00 bits per heavy atom. The van der Waals surface area contributed by atoms with Gasteiger partial charge in [0.2, 0.25) is 5.91 Å². The second kappa shape index (κ2) is 7.60. The van der Waals surface area contributed by atoms with Crippen LogP contribution < -0.4 is 10.2 Å². The third-order valence-electron chi connectivity index (χ3n) is 6.20. The molecule has 1 aliphatic heterocycles. The Labute approximate surface area is 183 Å². The minimum absolute atomic E-state index is 0.0857. The summed E-state index contributed by atoms with van der Waals surface area (Å²) in [5, 5.41) is 9.65. The number of thiophene rings is 1. The third kappa shape index (κ3) is 3.35. The lowest BCUT2D eigenvalue weighted by atomic mass is 9.93. The molecule has 2 amide bonds. The van der Waals surface area contributed by atoms with E-state index in [4.69, 9.17) is 0 Å². The Bertz CT molecular complexity index is 1140.